The van der Waals surface area contributed by atoms with Crippen molar-refractivity contribution in [2.75, 3.05) is 13.1 Å². The molecule has 106 valence electrons. The van der Waals surface area contributed by atoms with Crippen molar-refractivity contribution >= 4 is 0 Å². The third-order valence-electron chi connectivity index (χ3n) is 4.61. The minimum atomic E-state index is 0.489. The lowest BCUT2D eigenvalue weighted by Crippen LogP contribution is -2.40. The molecule has 3 rings (SSSR count). The third kappa shape index (κ3) is 2.84. The van der Waals surface area contributed by atoms with Crippen LogP contribution >= 0.6 is 0 Å². The van der Waals surface area contributed by atoms with E-state index in [9.17, 15) is 0 Å². The van der Waals surface area contributed by atoms with Crippen LogP contribution in [0.3, 0.4) is 0 Å². The van der Waals surface area contributed by atoms with Crippen molar-refractivity contribution in [1.82, 2.24) is 20.0 Å². The van der Waals surface area contributed by atoms with Crippen molar-refractivity contribution in [1.29, 1.82) is 0 Å². The Morgan fingerprint density at radius 1 is 1.47 bits per heavy atom. The van der Waals surface area contributed by atoms with Gasteiger partial charge < -0.3 is 5.32 Å². The third-order valence-corrected chi connectivity index (χ3v) is 4.61. The Kier molecular flexibility index (Phi) is 3.63. The summed E-state index contributed by atoms with van der Waals surface area (Å²) in [5.74, 6) is 0. The highest BCUT2D eigenvalue weighted by Gasteiger charge is 2.35. The van der Waals surface area contributed by atoms with E-state index in [4.69, 9.17) is 0 Å². The van der Waals surface area contributed by atoms with Crippen LogP contribution < -0.4 is 5.32 Å². The first-order valence-electron chi connectivity index (χ1n) is 7.64. The molecule has 1 aliphatic heterocycles. The molecule has 4 heteroatoms. The normalized spacial score (nSPS) is 25.2. The summed E-state index contributed by atoms with van der Waals surface area (Å²) in [6.07, 6.45) is 7.61. The number of nitrogens with zero attached hydrogens (tertiary/aromatic N) is 3. The van der Waals surface area contributed by atoms with Crippen LogP contribution in [-0.4, -0.2) is 39.9 Å². The fourth-order valence-electron chi connectivity index (χ4n) is 3.40. The second kappa shape index (κ2) is 5.25. The lowest BCUT2D eigenvalue weighted by atomic mass is 10.1. The van der Waals surface area contributed by atoms with Gasteiger partial charge in [-0.3, -0.25) is 9.58 Å². The van der Waals surface area contributed by atoms with Crippen molar-refractivity contribution in [3.05, 3.63) is 17.5 Å². The van der Waals surface area contributed by atoms with Gasteiger partial charge in [-0.25, -0.2) is 0 Å². The van der Waals surface area contributed by atoms with E-state index in [-0.39, 0.29) is 0 Å². The summed E-state index contributed by atoms with van der Waals surface area (Å²) in [6.45, 7) is 6.87. The molecule has 4 nitrogen and oxygen atoms in total. The predicted octanol–water partition coefficient (Wildman–Crippen LogP) is 2.01. The molecule has 0 radical (unpaired) electrons. The number of rotatable bonds is 5. The molecule has 2 atom stereocenters. The van der Waals surface area contributed by atoms with E-state index < -0.39 is 0 Å². The molecule has 19 heavy (non-hydrogen) atoms. The standard InChI is InChI=1S/C15H26N4/c1-11-15(10-18(3)17-11)12(2)19(14-6-7-14)9-13-5-4-8-16-13/h10,12-14,16H,4-9H2,1-3H3. The average molecular weight is 262 g/mol. The summed E-state index contributed by atoms with van der Waals surface area (Å²) in [7, 11) is 2.02. The molecule has 2 unspecified atom stereocenters. The van der Waals surface area contributed by atoms with Crippen LogP contribution in [0.15, 0.2) is 6.20 Å². The molecule has 1 N–H and O–H groups in total. The second-order valence-corrected chi connectivity index (χ2v) is 6.24. The van der Waals surface area contributed by atoms with Crippen LogP contribution in [0.25, 0.3) is 0 Å². The first-order valence-corrected chi connectivity index (χ1v) is 7.64. The van der Waals surface area contributed by atoms with E-state index in [0.717, 1.165) is 6.04 Å². The minimum Gasteiger partial charge on any atom is -0.313 e. The van der Waals surface area contributed by atoms with Crippen LogP contribution in [0.1, 0.15) is 49.9 Å². The zero-order chi connectivity index (χ0) is 13.4. The molecule has 2 fully saturated rings. The largest absolute Gasteiger partial charge is 0.313 e. The van der Waals surface area contributed by atoms with Gasteiger partial charge in [0.05, 0.1) is 5.69 Å². The predicted molar refractivity (Wildman–Crippen MR) is 77.1 cm³/mol. The summed E-state index contributed by atoms with van der Waals surface area (Å²) in [5.41, 5.74) is 2.58. The van der Waals surface area contributed by atoms with Crippen molar-refractivity contribution in [2.24, 2.45) is 7.05 Å². The molecular formula is C15H26N4. The van der Waals surface area contributed by atoms with E-state index >= 15 is 0 Å². The van der Waals surface area contributed by atoms with Gasteiger partial charge in [-0.15, -0.1) is 0 Å². The van der Waals surface area contributed by atoms with Crippen LogP contribution in [-0.2, 0) is 7.05 Å². The first kappa shape index (κ1) is 13.1. The van der Waals surface area contributed by atoms with Crippen molar-refractivity contribution < 1.29 is 0 Å². The fraction of sp³-hybridized carbons (Fsp3) is 0.800. The maximum atomic E-state index is 4.50. The van der Waals surface area contributed by atoms with E-state index in [2.05, 4.69) is 35.4 Å². The highest BCUT2D eigenvalue weighted by Crippen LogP contribution is 2.35. The SMILES string of the molecule is Cc1nn(C)cc1C(C)N(CC1CCCN1)C1CC1. The van der Waals surface area contributed by atoms with E-state index in [1.165, 1.54) is 50.0 Å². The molecule has 1 aliphatic carbocycles. The Morgan fingerprint density at radius 3 is 2.79 bits per heavy atom. The van der Waals surface area contributed by atoms with Gasteiger partial charge in [0, 0.05) is 43.5 Å². The zero-order valence-corrected chi connectivity index (χ0v) is 12.4. The number of aryl methyl sites for hydroxylation is 2. The van der Waals surface area contributed by atoms with Crippen molar-refractivity contribution in [2.45, 2.75) is 57.7 Å². The molecule has 2 heterocycles. The molecule has 0 aromatic carbocycles. The number of nitrogens with one attached hydrogen (secondary N) is 1. The summed E-state index contributed by atoms with van der Waals surface area (Å²) >= 11 is 0. The fourth-order valence-corrected chi connectivity index (χ4v) is 3.40. The molecule has 0 spiro atoms. The van der Waals surface area contributed by atoms with E-state index in [0.29, 0.717) is 12.1 Å². The molecule has 0 bridgehead atoms. The van der Waals surface area contributed by atoms with Gasteiger partial charge >= 0.3 is 0 Å². The second-order valence-electron chi connectivity index (χ2n) is 6.24. The maximum absolute atomic E-state index is 4.50. The monoisotopic (exact) mass is 262 g/mol. The number of hydrogen-bond donors (Lipinski definition) is 1. The molecule has 0 amide bonds. The Labute approximate surface area is 116 Å². The zero-order valence-electron chi connectivity index (χ0n) is 12.4. The molecule has 1 aromatic heterocycles. The van der Waals surface area contributed by atoms with E-state index in [1.54, 1.807) is 0 Å². The van der Waals surface area contributed by atoms with Crippen molar-refractivity contribution in [3.63, 3.8) is 0 Å². The van der Waals surface area contributed by atoms with Gasteiger partial charge in [-0.1, -0.05) is 0 Å². The van der Waals surface area contributed by atoms with Crippen LogP contribution in [0.2, 0.25) is 0 Å². The number of aromatic nitrogens is 2. The number of hydrogen-bond acceptors (Lipinski definition) is 3. The first-order chi connectivity index (χ1) is 9.15. The summed E-state index contributed by atoms with van der Waals surface area (Å²) in [5, 5.41) is 8.13. The Balaban J connectivity index is 1.73. The molecule has 1 saturated carbocycles. The quantitative estimate of drug-likeness (QED) is 0.881. The van der Waals surface area contributed by atoms with Gasteiger partial charge in [-0.05, 0) is 46.1 Å². The van der Waals surface area contributed by atoms with Crippen LogP contribution in [0.5, 0.6) is 0 Å². The molecule has 2 aliphatic rings. The lowest BCUT2D eigenvalue weighted by molar-refractivity contribution is 0.181. The Morgan fingerprint density at radius 2 is 2.26 bits per heavy atom. The van der Waals surface area contributed by atoms with Gasteiger partial charge in [-0.2, -0.15) is 5.10 Å². The lowest BCUT2D eigenvalue weighted by Gasteiger charge is -2.31. The molecule has 1 aromatic rings. The maximum Gasteiger partial charge on any atom is 0.0641 e. The van der Waals surface area contributed by atoms with Gasteiger partial charge in [0.25, 0.3) is 0 Å². The highest BCUT2D eigenvalue weighted by molar-refractivity contribution is 5.20. The van der Waals surface area contributed by atoms with Gasteiger partial charge in [0.2, 0.25) is 0 Å². The Bertz CT molecular complexity index is 429. The average Bonchev–Trinajstić information content (AvgIpc) is 2.97. The Hall–Kier alpha value is -0.870. The topological polar surface area (TPSA) is 33.1 Å². The summed E-state index contributed by atoms with van der Waals surface area (Å²) in [4.78, 5) is 2.70. The van der Waals surface area contributed by atoms with Crippen LogP contribution in [0, 0.1) is 6.92 Å². The smallest absolute Gasteiger partial charge is 0.0641 e. The minimum absolute atomic E-state index is 0.489. The summed E-state index contributed by atoms with van der Waals surface area (Å²) < 4.78 is 1.94. The van der Waals surface area contributed by atoms with Gasteiger partial charge in [0.15, 0.2) is 0 Å². The molecular weight excluding hydrogens is 236 g/mol. The van der Waals surface area contributed by atoms with Crippen LogP contribution in [0.4, 0.5) is 0 Å². The van der Waals surface area contributed by atoms with E-state index in [1.807, 2.05) is 11.7 Å². The summed E-state index contributed by atoms with van der Waals surface area (Å²) in [6, 6.07) is 1.99. The van der Waals surface area contributed by atoms with Crippen molar-refractivity contribution in [3.8, 4) is 0 Å². The van der Waals surface area contributed by atoms with Gasteiger partial charge in [0.1, 0.15) is 0 Å². The molecule has 1 saturated heterocycles. The highest BCUT2D eigenvalue weighted by atomic mass is 15.3.